The Hall–Kier alpha value is -1.94. The van der Waals surface area contributed by atoms with Crippen LogP contribution in [0.1, 0.15) is 29.6 Å². The average Bonchev–Trinajstić information content (AvgIpc) is 2.86. The van der Waals surface area contributed by atoms with E-state index in [1.54, 1.807) is 6.20 Å². The molecule has 3 fully saturated rings. The Morgan fingerprint density at radius 2 is 2.05 bits per heavy atom. The van der Waals surface area contributed by atoms with E-state index in [1.807, 2.05) is 30.3 Å². The summed E-state index contributed by atoms with van der Waals surface area (Å²) in [6.45, 7) is 3.37. The Labute approximate surface area is 130 Å². The Balaban J connectivity index is 1.51. The number of para-hydroxylation sites is 1. The molecule has 3 saturated heterocycles. The van der Waals surface area contributed by atoms with Gasteiger partial charge >= 0.3 is 0 Å². The van der Waals surface area contributed by atoms with Crippen molar-refractivity contribution in [3.8, 4) is 0 Å². The van der Waals surface area contributed by atoms with E-state index in [-0.39, 0.29) is 11.9 Å². The summed E-state index contributed by atoms with van der Waals surface area (Å²) in [6, 6.07) is 10.1. The lowest BCUT2D eigenvalue weighted by Gasteiger charge is -2.26. The van der Waals surface area contributed by atoms with Crippen LogP contribution in [0.15, 0.2) is 36.5 Å². The molecule has 5 rings (SSSR count). The maximum atomic E-state index is 12.5. The Morgan fingerprint density at radius 3 is 2.91 bits per heavy atom. The highest BCUT2D eigenvalue weighted by Crippen LogP contribution is 2.26. The van der Waals surface area contributed by atoms with Gasteiger partial charge in [0.1, 0.15) is 0 Å². The van der Waals surface area contributed by atoms with Gasteiger partial charge in [-0.2, -0.15) is 0 Å². The molecule has 0 spiro atoms. The fourth-order valence-electron chi connectivity index (χ4n) is 3.76. The molecule has 1 N–H and O–H groups in total. The van der Waals surface area contributed by atoms with E-state index in [1.165, 1.54) is 25.9 Å². The second-order valence-corrected chi connectivity index (χ2v) is 6.57. The molecule has 114 valence electrons. The van der Waals surface area contributed by atoms with Gasteiger partial charge in [-0.15, -0.1) is 0 Å². The van der Waals surface area contributed by atoms with Crippen molar-refractivity contribution < 1.29 is 4.79 Å². The summed E-state index contributed by atoms with van der Waals surface area (Å²) in [5.41, 5.74) is 1.59. The third-order valence-corrected chi connectivity index (χ3v) is 4.99. The number of carbonyl (C=O) groups is 1. The number of pyridine rings is 1. The predicted octanol–water partition coefficient (Wildman–Crippen LogP) is 2.45. The first-order valence-electron chi connectivity index (χ1n) is 8.16. The van der Waals surface area contributed by atoms with Gasteiger partial charge in [0.15, 0.2) is 0 Å². The van der Waals surface area contributed by atoms with Gasteiger partial charge in [-0.1, -0.05) is 18.2 Å². The number of hydrogen-bond donors (Lipinski definition) is 1. The van der Waals surface area contributed by atoms with E-state index in [0.29, 0.717) is 5.56 Å². The summed E-state index contributed by atoms with van der Waals surface area (Å²) in [7, 11) is 0. The van der Waals surface area contributed by atoms with Crippen LogP contribution in [0.5, 0.6) is 0 Å². The zero-order valence-electron chi connectivity index (χ0n) is 12.7. The molecule has 4 heteroatoms. The molecule has 4 nitrogen and oxygen atoms in total. The van der Waals surface area contributed by atoms with Crippen molar-refractivity contribution in [3.63, 3.8) is 0 Å². The molecule has 2 aromatic rings. The number of carbonyl (C=O) groups excluding carboxylic acids is 1. The summed E-state index contributed by atoms with van der Waals surface area (Å²) in [6.07, 6.45) is 5.36. The highest BCUT2D eigenvalue weighted by molar-refractivity contribution is 5.97. The Bertz CT molecular complexity index is 678. The van der Waals surface area contributed by atoms with Crippen LogP contribution in [-0.2, 0) is 0 Å². The number of nitrogens with zero attached hydrogens (tertiary/aromatic N) is 2. The van der Waals surface area contributed by atoms with Crippen LogP contribution in [0, 0.1) is 5.92 Å². The molecule has 1 unspecified atom stereocenters. The number of aromatic nitrogens is 1. The standard InChI is InChI=1S/C18H21N3O/c22-18(15-10-14-3-1-2-4-17(14)19-11-15)20-16-9-13-5-7-21(12-16)8-6-13/h1-4,10-11,13,16H,5-9,12H2,(H,20,22). The number of benzene rings is 1. The summed E-state index contributed by atoms with van der Waals surface area (Å²) < 4.78 is 0. The van der Waals surface area contributed by atoms with E-state index in [0.717, 1.165) is 29.8 Å². The van der Waals surface area contributed by atoms with Crippen LogP contribution in [0.25, 0.3) is 10.9 Å². The molecule has 0 saturated carbocycles. The lowest BCUT2D eigenvalue weighted by Crippen LogP contribution is -2.42. The minimum Gasteiger partial charge on any atom is -0.348 e. The molecule has 0 radical (unpaired) electrons. The van der Waals surface area contributed by atoms with Crippen LogP contribution in [-0.4, -0.2) is 41.5 Å². The van der Waals surface area contributed by atoms with Gasteiger partial charge in [0.2, 0.25) is 0 Å². The number of hydrogen-bond acceptors (Lipinski definition) is 3. The molecule has 22 heavy (non-hydrogen) atoms. The van der Waals surface area contributed by atoms with Crippen molar-refractivity contribution in [1.29, 1.82) is 0 Å². The zero-order chi connectivity index (χ0) is 14.9. The average molecular weight is 295 g/mol. The molecule has 3 aliphatic heterocycles. The summed E-state index contributed by atoms with van der Waals surface area (Å²) >= 11 is 0. The number of amides is 1. The van der Waals surface area contributed by atoms with E-state index < -0.39 is 0 Å². The van der Waals surface area contributed by atoms with Crippen molar-refractivity contribution >= 4 is 16.8 Å². The highest BCUT2D eigenvalue weighted by atomic mass is 16.1. The molecule has 4 heterocycles. The SMILES string of the molecule is O=C(NC1CC2CCN(CC2)C1)c1cnc2ccccc2c1. The number of rotatable bonds is 2. The molecule has 1 aromatic heterocycles. The largest absolute Gasteiger partial charge is 0.348 e. The van der Waals surface area contributed by atoms with E-state index in [4.69, 9.17) is 0 Å². The molecule has 0 aliphatic carbocycles. The van der Waals surface area contributed by atoms with Crippen molar-refractivity contribution in [2.24, 2.45) is 5.92 Å². The van der Waals surface area contributed by atoms with Gasteiger partial charge in [-0.05, 0) is 50.4 Å². The lowest BCUT2D eigenvalue weighted by atomic mass is 9.94. The summed E-state index contributed by atoms with van der Waals surface area (Å²) in [4.78, 5) is 19.4. The maximum absolute atomic E-state index is 12.5. The highest BCUT2D eigenvalue weighted by Gasteiger charge is 2.29. The molecule has 3 aliphatic rings. The molecule has 1 aromatic carbocycles. The van der Waals surface area contributed by atoms with Gasteiger partial charge in [0.25, 0.3) is 5.91 Å². The van der Waals surface area contributed by atoms with E-state index in [9.17, 15) is 4.79 Å². The van der Waals surface area contributed by atoms with Gasteiger partial charge in [-0.25, -0.2) is 0 Å². The number of piperidine rings is 1. The van der Waals surface area contributed by atoms with Crippen LogP contribution in [0.3, 0.4) is 0 Å². The van der Waals surface area contributed by atoms with Crippen LogP contribution in [0.4, 0.5) is 0 Å². The maximum Gasteiger partial charge on any atom is 0.253 e. The third kappa shape index (κ3) is 2.71. The van der Waals surface area contributed by atoms with Gasteiger partial charge in [-0.3, -0.25) is 9.78 Å². The summed E-state index contributed by atoms with van der Waals surface area (Å²) in [5, 5.41) is 4.23. The van der Waals surface area contributed by atoms with Crippen molar-refractivity contribution in [2.75, 3.05) is 19.6 Å². The van der Waals surface area contributed by atoms with Gasteiger partial charge in [0.05, 0.1) is 11.1 Å². The predicted molar refractivity (Wildman–Crippen MR) is 86.8 cm³/mol. The Morgan fingerprint density at radius 1 is 1.23 bits per heavy atom. The minimum atomic E-state index is 0.00533. The molecule has 2 bridgehead atoms. The first-order chi connectivity index (χ1) is 10.8. The molecule has 1 atom stereocenters. The second kappa shape index (κ2) is 5.69. The molecule has 1 amide bonds. The smallest absolute Gasteiger partial charge is 0.253 e. The first-order valence-corrected chi connectivity index (χ1v) is 8.16. The quantitative estimate of drug-likeness (QED) is 0.925. The topological polar surface area (TPSA) is 45.2 Å². The second-order valence-electron chi connectivity index (χ2n) is 6.57. The zero-order valence-corrected chi connectivity index (χ0v) is 12.7. The lowest BCUT2D eigenvalue weighted by molar-refractivity contribution is 0.0928. The normalized spacial score (nSPS) is 27.5. The van der Waals surface area contributed by atoms with Crippen LogP contribution >= 0.6 is 0 Å². The fourth-order valence-corrected chi connectivity index (χ4v) is 3.76. The van der Waals surface area contributed by atoms with Gasteiger partial charge < -0.3 is 10.2 Å². The van der Waals surface area contributed by atoms with Crippen molar-refractivity contribution in [2.45, 2.75) is 25.3 Å². The van der Waals surface area contributed by atoms with Crippen LogP contribution < -0.4 is 5.32 Å². The number of nitrogens with one attached hydrogen (secondary N) is 1. The van der Waals surface area contributed by atoms with Crippen molar-refractivity contribution in [1.82, 2.24) is 15.2 Å². The Kier molecular flexibility index (Phi) is 3.54. The monoisotopic (exact) mass is 295 g/mol. The summed E-state index contributed by atoms with van der Waals surface area (Å²) in [5.74, 6) is 0.782. The van der Waals surface area contributed by atoms with E-state index in [2.05, 4.69) is 15.2 Å². The van der Waals surface area contributed by atoms with E-state index >= 15 is 0 Å². The van der Waals surface area contributed by atoms with Gasteiger partial charge in [0, 0.05) is 24.2 Å². The molecular weight excluding hydrogens is 274 g/mol. The molecular formula is C18H21N3O. The first kappa shape index (κ1) is 13.7. The minimum absolute atomic E-state index is 0.00533. The number of fused-ring (bicyclic) bond motifs is 5. The third-order valence-electron chi connectivity index (χ3n) is 4.99. The van der Waals surface area contributed by atoms with Crippen molar-refractivity contribution in [3.05, 3.63) is 42.1 Å². The fraction of sp³-hybridized carbons (Fsp3) is 0.444. The van der Waals surface area contributed by atoms with Crippen LogP contribution in [0.2, 0.25) is 0 Å².